The molecule has 1 aromatic carbocycles. The second-order valence-electron chi connectivity index (χ2n) is 5.51. The average Bonchev–Trinajstić information content (AvgIpc) is 2.65. The third-order valence-corrected chi connectivity index (χ3v) is 3.62. The van der Waals surface area contributed by atoms with Crippen molar-refractivity contribution in [2.24, 2.45) is 0 Å². The number of hydrogen-bond acceptors (Lipinski definition) is 4. The summed E-state index contributed by atoms with van der Waals surface area (Å²) in [5.41, 5.74) is 2.22. The Balaban J connectivity index is 2.26. The van der Waals surface area contributed by atoms with E-state index in [1.54, 1.807) is 32.2 Å². The van der Waals surface area contributed by atoms with Crippen molar-refractivity contribution in [1.82, 2.24) is 15.6 Å². The molecule has 0 aliphatic heterocycles. The van der Waals surface area contributed by atoms with Crippen LogP contribution in [0.3, 0.4) is 0 Å². The highest BCUT2D eigenvalue weighted by Gasteiger charge is 2.21. The molecule has 0 saturated heterocycles. The fourth-order valence-corrected chi connectivity index (χ4v) is 2.27. The molecular weight excluding hydrogens is 318 g/mol. The molecule has 0 spiro atoms. The fraction of sp³-hybridized carbons (Fsp3) is 0.211. The number of amides is 2. The van der Waals surface area contributed by atoms with Crippen LogP contribution in [0.15, 0.2) is 54.6 Å². The zero-order valence-electron chi connectivity index (χ0n) is 14.5. The van der Waals surface area contributed by atoms with Gasteiger partial charge in [-0.15, -0.1) is 0 Å². The molecule has 0 unspecified atom stereocenters. The molecule has 2 aromatic rings. The number of hydrogen-bond donors (Lipinski definition) is 2. The number of nitrogens with one attached hydrogen (secondary N) is 2. The average molecular weight is 339 g/mol. The van der Waals surface area contributed by atoms with Crippen LogP contribution in [0.5, 0.6) is 5.75 Å². The normalized spacial score (nSPS) is 11.3. The molecule has 0 saturated carbocycles. The summed E-state index contributed by atoms with van der Waals surface area (Å²) in [6, 6.07) is 11.7. The van der Waals surface area contributed by atoms with E-state index in [9.17, 15) is 9.59 Å². The highest BCUT2D eigenvalue weighted by atomic mass is 16.5. The van der Waals surface area contributed by atoms with Crippen LogP contribution in [0.1, 0.15) is 17.4 Å². The number of ether oxygens (including phenoxy) is 1. The summed E-state index contributed by atoms with van der Waals surface area (Å²) in [5, 5.41) is 5.15. The minimum Gasteiger partial charge on any atom is -0.497 e. The van der Waals surface area contributed by atoms with Crippen molar-refractivity contribution in [1.29, 1.82) is 0 Å². The Kier molecular flexibility index (Phi) is 5.89. The molecule has 6 heteroatoms. The Morgan fingerprint density at radius 1 is 1.20 bits per heavy atom. The lowest BCUT2D eigenvalue weighted by molar-refractivity contribution is -0.121. The molecule has 0 bridgehead atoms. The van der Waals surface area contributed by atoms with Gasteiger partial charge in [-0.1, -0.05) is 24.8 Å². The minimum atomic E-state index is -0.806. The molecule has 2 amide bonds. The first-order valence-electron chi connectivity index (χ1n) is 7.75. The zero-order valence-corrected chi connectivity index (χ0v) is 14.5. The van der Waals surface area contributed by atoms with Crippen LogP contribution in [0, 0.1) is 0 Å². The maximum absolute atomic E-state index is 12.5. The monoisotopic (exact) mass is 339 g/mol. The Morgan fingerprint density at radius 3 is 2.56 bits per heavy atom. The molecule has 0 aliphatic carbocycles. The van der Waals surface area contributed by atoms with Gasteiger partial charge in [-0.2, -0.15) is 0 Å². The van der Waals surface area contributed by atoms with Gasteiger partial charge in [0, 0.05) is 12.6 Å². The highest BCUT2D eigenvalue weighted by Crippen LogP contribution is 2.22. The second-order valence-corrected chi connectivity index (χ2v) is 5.51. The van der Waals surface area contributed by atoms with E-state index >= 15 is 0 Å². The maximum Gasteiger partial charge on any atom is 0.270 e. The number of aromatic nitrogens is 1. The highest BCUT2D eigenvalue weighted by molar-refractivity contribution is 5.97. The lowest BCUT2D eigenvalue weighted by Crippen LogP contribution is -2.46. The van der Waals surface area contributed by atoms with Crippen LogP contribution in [0.2, 0.25) is 0 Å². The summed E-state index contributed by atoms with van der Waals surface area (Å²) >= 11 is 0. The molecule has 1 heterocycles. The summed E-state index contributed by atoms with van der Waals surface area (Å²) in [6.45, 7) is 5.43. The van der Waals surface area contributed by atoms with E-state index < -0.39 is 11.9 Å². The van der Waals surface area contributed by atoms with Crippen LogP contribution in [-0.2, 0) is 4.79 Å². The number of rotatable bonds is 6. The largest absolute Gasteiger partial charge is 0.497 e. The first-order chi connectivity index (χ1) is 12.0. The van der Waals surface area contributed by atoms with Crippen LogP contribution >= 0.6 is 0 Å². The smallest absolute Gasteiger partial charge is 0.270 e. The molecule has 130 valence electrons. The van der Waals surface area contributed by atoms with Crippen LogP contribution in [-0.4, -0.2) is 37.0 Å². The minimum absolute atomic E-state index is 0.218. The van der Waals surface area contributed by atoms with Crippen molar-refractivity contribution in [3.63, 3.8) is 0 Å². The van der Waals surface area contributed by atoms with E-state index in [-0.39, 0.29) is 11.6 Å². The van der Waals surface area contributed by atoms with E-state index in [1.165, 1.54) is 7.05 Å². The number of carbonyl (C=O) groups excluding carboxylic acids is 2. The number of likely N-dealkylation sites (N-methyl/N-ethyl adjacent to an activating group) is 1. The number of carbonyl (C=O) groups is 2. The van der Waals surface area contributed by atoms with E-state index in [1.807, 2.05) is 24.3 Å². The predicted octanol–water partition coefficient (Wildman–Crippen LogP) is 2.18. The summed E-state index contributed by atoms with van der Waals surface area (Å²) in [5.74, 6) is -0.0673. The van der Waals surface area contributed by atoms with Crippen molar-refractivity contribution < 1.29 is 14.3 Å². The molecule has 0 fully saturated rings. The van der Waals surface area contributed by atoms with Gasteiger partial charge < -0.3 is 15.4 Å². The van der Waals surface area contributed by atoms with Crippen molar-refractivity contribution in [2.75, 3.05) is 14.2 Å². The van der Waals surface area contributed by atoms with Crippen LogP contribution in [0.4, 0.5) is 0 Å². The Labute approximate surface area is 146 Å². The van der Waals surface area contributed by atoms with Crippen molar-refractivity contribution in [2.45, 2.75) is 13.0 Å². The Bertz CT molecular complexity index is 802. The molecule has 2 N–H and O–H groups in total. The zero-order chi connectivity index (χ0) is 18.4. The fourth-order valence-electron chi connectivity index (χ4n) is 2.27. The maximum atomic E-state index is 12.5. The van der Waals surface area contributed by atoms with Gasteiger partial charge in [-0.25, -0.2) is 4.98 Å². The number of nitrogens with zero attached hydrogens (tertiary/aromatic N) is 1. The van der Waals surface area contributed by atoms with Gasteiger partial charge in [0.05, 0.1) is 12.8 Å². The third kappa shape index (κ3) is 4.44. The van der Waals surface area contributed by atoms with Gasteiger partial charge in [0.1, 0.15) is 17.5 Å². The molecule has 25 heavy (non-hydrogen) atoms. The van der Waals surface area contributed by atoms with Crippen molar-refractivity contribution in [3.05, 3.63) is 60.3 Å². The van der Waals surface area contributed by atoms with Crippen molar-refractivity contribution in [3.8, 4) is 17.0 Å². The number of pyridine rings is 1. The van der Waals surface area contributed by atoms with Crippen LogP contribution in [0.25, 0.3) is 11.3 Å². The third-order valence-electron chi connectivity index (χ3n) is 3.62. The molecular formula is C19H21N3O3. The summed E-state index contributed by atoms with van der Waals surface area (Å²) in [4.78, 5) is 28.7. The number of methoxy groups -OCH3 is 1. The lowest BCUT2D eigenvalue weighted by atomic mass is 10.1. The Morgan fingerprint density at radius 2 is 1.92 bits per heavy atom. The van der Waals surface area contributed by atoms with Gasteiger partial charge in [-0.05, 0) is 36.8 Å². The van der Waals surface area contributed by atoms with Gasteiger partial charge in [0.15, 0.2) is 0 Å². The summed E-state index contributed by atoms with van der Waals surface area (Å²) in [6.07, 6.45) is 0. The van der Waals surface area contributed by atoms with E-state index in [4.69, 9.17) is 4.74 Å². The molecule has 1 aromatic heterocycles. The van der Waals surface area contributed by atoms with E-state index in [0.29, 0.717) is 17.0 Å². The van der Waals surface area contributed by atoms with Crippen LogP contribution < -0.4 is 15.4 Å². The summed E-state index contributed by atoms with van der Waals surface area (Å²) < 4.78 is 5.21. The van der Waals surface area contributed by atoms with Gasteiger partial charge >= 0.3 is 0 Å². The van der Waals surface area contributed by atoms with Crippen molar-refractivity contribution >= 4 is 11.8 Å². The van der Waals surface area contributed by atoms with E-state index in [2.05, 4.69) is 22.2 Å². The molecule has 0 aliphatic rings. The second kappa shape index (κ2) is 8.10. The first kappa shape index (κ1) is 18.2. The first-order valence-corrected chi connectivity index (χ1v) is 7.75. The quantitative estimate of drug-likeness (QED) is 0.791. The molecule has 0 radical (unpaired) electrons. The van der Waals surface area contributed by atoms with Gasteiger partial charge in [-0.3, -0.25) is 9.59 Å². The number of benzene rings is 1. The molecule has 1 atom stereocenters. The topological polar surface area (TPSA) is 80.3 Å². The van der Waals surface area contributed by atoms with Gasteiger partial charge in [0.2, 0.25) is 5.91 Å². The predicted molar refractivity (Wildman–Crippen MR) is 96.4 cm³/mol. The summed E-state index contributed by atoms with van der Waals surface area (Å²) in [7, 11) is 3.10. The lowest BCUT2D eigenvalue weighted by Gasteiger charge is -2.17. The molecule has 2 rings (SSSR count). The SMILES string of the molecule is C=C(C)[C@H](NC(=O)c1cccc(-c2cccc(OC)c2)n1)C(=O)NC. The standard InChI is InChI=1S/C19H21N3O3/c1-12(2)17(19(24)20-3)22-18(23)16-10-6-9-15(21-16)13-7-5-8-14(11-13)25-4/h5-11,17H,1H2,2-4H3,(H,20,24)(H,22,23)/t17-/m0/s1. The molecule has 6 nitrogen and oxygen atoms in total. The Hall–Kier alpha value is -3.15. The van der Waals surface area contributed by atoms with Gasteiger partial charge in [0.25, 0.3) is 5.91 Å². The van der Waals surface area contributed by atoms with E-state index in [0.717, 1.165) is 5.56 Å².